The molecular formula is C6H14N4S. The molecule has 64 valence electrons. The molecule has 0 aromatic carbocycles. The molecular weight excluding hydrogens is 160 g/mol. The number of nitrogens with two attached hydrogens (primary N) is 1. The van der Waals surface area contributed by atoms with Crippen molar-refractivity contribution in [1.29, 1.82) is 0 Å². The maximum absolute atomic E-state index is 5.28. The molecule has 0 aliphatic carbocycles. The summed E-state index contributed by atoms with van der Waals surface area (Å²) in [5.74, 6) is 8.42. The van der Waals surface area contributed by atoms with Crippen molar-refractivity contribution in [3.63, 3.8) is 0 Å². The van der Waals surface area contributed by atoms with Gasteiger partial charge in [-0.3, -0.25) is 10.4 Å². The topological polar surface area (TPSA) is 53.6 Å². The second kappa shape index (κ2) is 4.46. The number of hydrogen-bond donors (Lipinski definition) is 2. The van der Waals surface area contributed by atoms with Crippen molar-refractivity contribution < 1.29 is 0 Å². The quantitative estimate of drug-likeness (QED) is 0.225. The van der Waals surface area contributed by atoms with Crippen LogP contribution in [0.5, 0.6) is 0 Å². The largest absolute Gasteiger partial charge is 0.340 e. The van der Waals surface area contributed by atoms with Crippen LogP contribution in [-0.4, -0.2) is 42.5 Å². The monoisotopic (exact) mass is 174 g/mol. The van der Waals surface area contributed by atoms with Gasteiger partial charge in [0.25, 0.3) is 0 Å². The molecule has 0 spiro atoms. The molecule has 1 aliphatic rings. The Morgan fingerprint density at radius 2 is 2.18 bits per heavy atom. The highest BCUT2D eigenvalue weighted by Gasteiger charge is 2.12. The third kappa shape index (κ3) is 2.27. The maximum Gasteiger partial charge on any atom is 0.208 e. The van der Waals surface area contributed by atoms with E-state index in [1.54, 1.807) is 7.05 Å². The van der Waals surface area contributed by atoms with Crippen molar-refractivity contribution >= 4 is 17.7 Å². The number of rotatable bonds is 0. The Balaban J connectivity index is 2.43. The Kier molecular flexibility index (Phi) is 3.51. The van der Waals surface area contributed by atoms with Gasteiger partial charge in [-0.05, 0) is 0 Å². The van der Waals surface area contributed by atoms with Crippen LogP contribution in [0.1, 0.15) is 0 Å². The average molecular weight is 174 g/mol. The Labute approximate surface area is 71.2 Å². The van der Waals surface area contributed by atoms with Gasteiger partial charge in [0.05, 0.1) is 0 Å². The molecule has 0 atom stereocenters. The summed E-state index contributed by atoms with van der Waals surface area (Å²) in [6, 6.07) is 0. The fourth-order valence-corrected chi connectivity index (χ4v) is 1.98. The smallest absolute Gasteiger partial charge is 0.208 e. The van der Waals surface area contributed by atoms with Crippen LogP contribution in [0, 0.1) is 0 Å². The Morgan fingerprint density at radius 1 is 1.55 bits per heavy atom. The highest BCUT2D eigenvalue weighted by Crippen LogP contribution is 2.08. The summed E-state index contributed by atoms with van der Waals surface area (Å²) >= 11 is 1.97. The summed E-state index contributed by atoms with van der Waals surface area (Å²) in [5.41, 5.74) is 2.59. The lowest BCUT2D eigenvalue weighted by Gasteiger charge is -2.28. The SMILES string of the molecule is CN=C(NN)N1CCSCC1. The summed E-state index contributed by atoms with van der Waals surface area (Å²) in [5, 5.41) is 0. The summed E-state index contributed by atoms with van der Waals surface area (Å²) in [7, 11) is 1.75. The molecule has 1 saturated heterocycles. The summed E-state index contributed by atoms with van der Waals surface area (Å²) in [6.07, 6.45) is 0. The third-order valence-corrected chi connectivity index (χ3v) is 2.59. The fourth-order valence-electron chi connectivity index (χ4n) is 1.07. The van der Waals surface area contributed by atoms with Gasteiger partial charge in [0.15, 0.2) is 0 Å². The Morgan fingerprint density at radius 3 is 2.64 bits per heavy atom. The number of hydrogen-bond acceptors (Lipinski definition) is 3. The van der Waals surface area contributed by atoms with E-state index in [1.165, 1.54) is 11.5 Å². The zero-order valence-electron chi connectivity index (χ0n) is 6.71. The van der Waals surface area contributed by atoms with E-state index in [1.807, 2.05) is 11.8 Å². The van der Waals surface area contributed by atoms with Gasteiger partial charge < -0.3 is 4.90 Å². The molecule has 0 saturated carbocycles. The van der Waals surface area contributed by atoms with E-state index in [2.05, 4.69) is 15.3 Å². The number of thioether (sulfide) groups is 1. The van der Waals surface area contributed by atoms with E-state index in [0.29, 0.717) is 0 Å². The van der Waals surface area contributed by atoms with E-state index < -0.39 is 0 Å². The molecule has 4 nitrogen and oxygen atoms in total. The van der Waals surface area contributed by atoms with Gasteiger partial charge in [-0.1, -0.05) is 0 Å². The number of aliphatic imine (C=N–C) groups is 1. The first-order valence-electron chi connectivity index (χ1n) is 3.64. The van der Waals surface area contributed by atoms with Gasteiger partial charge in [0.1, 0.15) is 0 Å². The molecule has 5 heteroatoms. The molecule has 0 bridgehead atoms. The minimum absolute atomic E-state index is 0.797. The average Bonchev–Trinajstić information content (AvgIpc) is 2.09. The fraction of sp³-hybridized carbons (Fsp3) is 0.833. The summed E-state index contributed by atoms with van der Waals surface area (Å²) in [6.45, 7) is 2.09. The predicted octanol–water partition coefficient (Wildman–Crippen LogP) is -0.516. The van der Waals surface area contributed by atoms with Crippen LogP contribution in [0.4, 0.5) is 0 Å². The van der Waals surface area contributed by atoms with Crippen molar-refractivity contribution in [2.24, 2.45) is 10.8 Å². The van der Waals surface area contributed by atoms with E-state index in [4.69, 9.17) is 5.84 Å². The summed E-state index contributed by atoms with van der Waals surface area (Å²) in [4.78, 5) is 6.19. The van der Waals surface area contributed by atoms with Crippen LogP contribution in [0.25, 0.3) is 0 Å². The first-order chi connectivity index (χ1) is 5.38. The molecule has 0 aromatic rings. The second-order valence-corrected chi connectivity index (χ2v) is 3.52. The van der Waals surface area contributed by atoms with E-state index in [-0.39, 0.29) is 0 Å². The highest BCUT2D eigenvalue weighted by atomic mass is 32.2. The maximum atomic E-state index is 5.28. The van der Waals surface area contributed by atoms with Crippen LogP contribution in [-0.2, 0) is 0 Å². The lowest BCUT2D eigenvalue weighted by Crippen LogP contribution is -2.48. The molecule has 1 rings (SSSR count). The minimum Gasteiger partial charge on any atom is -0.340 e. The molecule has 0 aromatic heterocycles. The van der Waals surface area contributed by atoms with Gasteiger partial charge in [-0.15, -0.1) is 0 Å². The van der Waals surface area contributed by atoms with Crippen molar-refractivity contribution in [3.05, 3.63) is 0 Å². The molecule has 1 fully saturated rings. The number of nitrogens with zero attached hydrogens (tertiary/aromatic N) is 2. The zero-order valence-corrected chi connectivity index (χ0v) is 7.52. The Hall–Kier alpha value is -0.420. The van der Waals surface area contributed by atoms with E-state index >= 15 is 0 Å². The predicted molar refractivity (Wildman–Crippen MR) is 49.6 cm³/mol. The molecule has 0 unspecified atom stereocenters. The molecule has 11 heavy (non-hydrogen) atoms. The van der Waals surface area contributed by atoms with Crippen molar-refractivity contribution in [2.45, 2.75) is 0 Å². The van der Waals surface area contributed by atoms with Gasteiger partial charge in [0.2, 0.25) is 5.96 Å². The molecule has 0 radical (unpaired) electrons. The first kappa shape index (κ1) is 8.67. The van der Waals surface area contributed by atoms with E-state index in [0.717, 1.165) is 19.0 Å². The third-order valence-electron chi connectivity index (χ3n) is 1.65. The molecule has 0 amide bonds. The standard InChI is InChI=1S/C6H14N4S/c1-8-6(9-7)10-2-4-11-5-3-10/h2-5,7H2,1H3,(H,8,9). The number of hydrazine groups is 1. The zero-order chi connectivity index (χ0) is 8.10. The first-order valence-corrected chi connectivity index (χ1v) is 4.80. The van der Waals surface area contributed by atoms with Crippen molar-refractivity contribution in [1.82, 2.24) is 10.3 Å². The van der Waals surface area contributed by atoms with Crippen molar-refractivity contribution in [3.8, 4) is 0 Å². The highest BCUT2D eigenvalue weighted by molar-refractivity contribution is 7.99. The molecule has 3 N–H and O–H groups in total. The van der Waals surface area contributed by atoms with Crippen molar-refractivity contribution in [2.75, 3.05) is 31.6 Å². The number of nitrogens with one attached hydrogen (secondary N) is 1. The lowest BCUT2D eigenvalue weighted by molar-refractivity contribution is 0.444. The van der Waals surface area contributed by atoms with Crippen LogP contribution < -0.4 is 11.3 Å². The Bertz CT molecular complexity index is 142. The molecule has 1 heterocycles. The van der Waals surface area contributed by atoms with Gasteiger partial charge in [0, 0.05) is 31.6 Å². The van der Waals surface area contributed by atoms with E-state index in [9.17, 15) is 0 Å². The van der Waals surface area contributed by atoms with Crippen LogP contribution in [0.15, 0.2) is 4.99 Å². The van der Waals surface area contributed by atoms with Crippen LogP contribution in [0.2, 0.25) is 0 Å². The van der Waals surface area contributed by atoms with Crippen LogP contribution >= 0.6 is 11.8 Å². The van der Waals surface area contributed by atoms with Gasteiger partial charge in [-0.2, -0.15) is 11.8 Å². The lowest BCUT2D eigenvalue weighted by atomic mass is 10.5. The van der Waals surface area contributed by atoms with Gasteiger partial charge in [-0.25, -0.2) is 5.84 Å². The van der Waals surface area contributed by atoms with Gasteiger partial charge >= 0.3 is 0 Å². The number of guanidine groups is 1. The minimum atomic E-state index is 0.797. The second-order valence-electron chi connectivity index (χ2n) is 2.29. The normalized spacial score (nSPS) is 20.2. The molecule has 1 aliphatic heterocycles. The van der Waals surface area contributed by atoms with Crippen LogP contribution in [0.3, 0.4) is 0 Å². The summed E-state index contributed by atoms with van der Waals surface area (Å²) < 4.78 is 0.